The van der Waals surface area contributed by atoms with Gasteiger partial charge in [-0.2, -0.15) is 0 Å². The van der Waals surface area contributed by atoms with E-state index in [9.17, 15) is 8.78 Å². The van der Waals surface area contributed by atoms with Gasteiger partial charge in [0.25, 0.3) is 0 Å². The lowest BCUT2D eigenvalue weighted by molar-refractivity contribution is 0.584. The quantitative estimate of drug-likeness (QED) is 0.865. The van der Waals surface area contributed by atoms with Crippen LogP contribution in [0.25, 0.3) is 11.1 Å². The molecular formula is C12H11F2NS. The van der Waals surface area contributed by atoms with Crippen molar-refractivity contribution in [2.24, 2.45) is 0 Å². The molecule has 4 heteroatoms. The third-order valence-electron chi connectivity index (χ3n) is 2.20. The average molecular weight is 239 g/mol. The zero-order chi connectivity index (χ0) is 11.5. The summed E-state index contributed by atoms with van der Waals surface area (Å²) in [6.45, 7) is 0.766. The lowest BCUT2D eigenvalue weighted by Gasteiger charge is -1.98. The predicted octanol–water partition coefficient (Wildman–Crippen LogP) is 3.41. The summed E-state index contributed by atoms with van der Waals surface area (Å²) in [7, 11) is 1.86. The molecule has 0 fully saturated rings. The molecule has 0 spiro atoms. The average Bonchev–Trinajstić information content (AvgIpc) is 2.65. The van der Waals surface area contributed by atoms with Crippen LogP contribution in [0.2, 0.25) is 0 Å². The molecule has 2 aromatic rings. The molecule has 1 aromatic carbocycles. The minimum absolute atomic E-state index is 0.545. The highest BCUT2D eigenvalue weighted by Gasteiger charge is 2.05. The van der Waals surface area contributed by atoms with Crippen LogP contribution < -0.4 is 5.32 Å². The Morgan fingerprint density at radius 1 is 1.06 bits per heavy atom. The summed E-state index contributed by atoms with van der Waals surface area (Å²) >= 11 is 1.57. The van der Waals surface area contributed by atoms with E-state index in [2.05, 4.69) is 5.32 Å². The Balaban J connectivity index is 2.34. The highest BCUT2D eigenvalue weighted by molar-refractivity contribution is 7.10. The Kier molecular flexibility index (Phi) is 3.31. The van der Waals surface area contributed by atoms with Gasteiger partial charge in [-0.1, -0.05) is 0 Å². The van der Waals surface area contributed by atoms with Crippen LogP contribution in [0.5, 0.6) is 0 Å². The third-order valence-corrected chi connectivity index (χ3v) is 3.14. The minimum Gasteiger partial charge on any atom is -0.315 e. The summed E-state index contributed by atoms with van der Waals surface area (Å²) in [6, 6.07) is 5.50. The minimum atomic E-state index is -0.545. The Morgan fingerprint density at radius 3 is 2.38 bits per heavy atom. The molecule has 0 aliphatic carbocycles. The van der Waals surface area contributed by atoms with Crippen molar-refractivity contribution in [1.82, 2.24) is 5.32 Å². The first-order valence-corrected chi connectivity index (χ1v) is 5.75. The van der Waals surface area contributed by atoms with Crippen molar-refractivity contribution in [2.75, 3.05) is 7.05 Å². The fraction of sp³-hybridized carbons (Fsp3) is 0.167. The molecule has 1 nitrogen and oxygen atoms in total. The molecule has 0 bridgehead atoms. The first-order valence-electron chi connectivity index (χ1n) is 4.87. The number of benzene rings is 1. The van der Waals surface area contributed by atoms with Crippen LogP contribution in [-0.4, -0.2) is 7.05 Å². The van der Waals surface area contributed by atoms with Gasteiger partial charge in [0.05, 0.1) is 0 Å². The van der Waals surface area contributed by atoms with Crippen molar-refractivity contribution in [3.8, 4) is 11.1 Å². The first kappa shape index (κ1) is 11.2. The second-order valence-electron chi connectivity index (χ2n) is 3.49. The van der Waals surface area contributed by atoms with Crippen LogP contribution in [0, 0.1) is 11.6 Å². The lowest BCUT2D eigenvalue weighted by Crippen LogP contribution is -2.02. The number of thiophene rings is 1. The van der Waals surface area contributed by atoms with Crippen molar-refractivity contribution < 1.29 is 8.78 Å². The maximum Gasteiger partial charge on any atom is 0.126 e. The normalized spacial score (nSPS) is 10.7. The lowest BCUT2D eigenvalue weighted by atomic mass is 10.1. The number of rotatable bonds is 3. The van der Waals surface area contributed by atoms with E-state index in [1.165, 1.54) is 12.1 Å². The van der Waals surface area contributed by atoms with Gasteiger partial charge in [-0.05, 0) is 41.8 Å². The number of halogens is 2. The van der Waals surface area contributed by atoms with Crippen molar-refractivity contribution in [1.29, 1.82) is 0 Å². The largest absolute Gasteiger partial charge is 0.315 e. The molecule has 0 radical (unpaired) electrons. The number of hydrogen-bond donors (Lipinski definition) is 1. The fourth-order valence-electron chi connectivity index (χ4n) is 1.52. The summed E-state index contributed by atoms with van der Waals surface area (Å²) in [6.07, 6.45) is 0. The van der Waals surface area contributed by atoms with Gasteiger partial charge in [0, 0.05) is 17.5 Å². The zero-order valence-electron chi connectivity index (χ0n) is 8.76. The molecule has 0 saturated heterocycles. The summed E-state index contributed by atoms with van der Waals surface area (Å²) in [4.78, 5) is 1.14. The third kappa shape index (κ3) is 2.46. The molecule has 2 rings (SSSR count). The second-order valence-corrected chi connectivity index (χ2v) is 4.49. The van der Waals surface area contributed by atoms with Crippen LogP contribution >= 0.6 is 11.3 Å². The van der Waals surface area contributed by atoms with Crippen LogP contribution in [-0.2, 0) is 6.54 Å². The van der Waals surface area contributed by atoms with Gasteiger partial charge in [0.2, 0.25) is 0 Å². The number of hydrogen-bond acceptors (Lipinski definition) is 2. The monoisotopic (exact) mass is 239 g/mol. The summed E-state index contributed by atoms with van der Waals surface area (Å²) in [5.74, 6) is -1.09. The van der Waals surface area contributed by atoms with E-state index in [0.29, 0.717) is 5.56 Å². The molecule has 1 heterocycles. The van der Waals surface area contributed by atoms with Gasteiger partial charge < -0.3 is 5.32 Å². The van der Waals surface area contributed by atoms with Gasteiger partial charge >= 0.3 is 0 Å². The molecule has 1 N–H and O–H groups in total. The van der Waals surface area contributed by atoms with E-state index in [4.69, 9.17) is 0 Å². The van der Waals surface area contributed by atoms with Crippen LogP contribution in [0.15, 0.2) is 29.6 Å². The van der Waals surface area contributed by atoms with E-state index in [1.54, 1.807) is 11.3 Å². The predicted molar refractivity (Wildman–Crippen MR) is 62.4 cm³/mol. The smallest absolute Gasteiger partial charge is 0.126 e. The Labute approximate surface area is 96.7 Å². The van der Waals surface area contributed by atoms with E-state index >= 15 is 0 Å². The van der Waals surface area contributed by atoms with Crippen molar-refractivity contribution >= 4 is 11.3 Å². The topological polar surface area (TPSA) is 12.0 Å². The molecular weight excluding hydrogens is 228 g/mol. The van der Waals surface area contributed by atoms with Gasteiger partial charge in [-0.15, -0.1) is 11.3 Å². The molecule has 16 heavy (non-hydrogen) atoms. The molecule has 84 valence electrons. The van der Waals surface area contributed by atoms with Gasteiger partial charge in [-0.3, -0.25) is 0 Å². The second kappa shape index (κ2) is 4.72. The van der Waals surface area contributed by atoms with Crippen molar-refractivity contribution in [2.45, 2.75) is 6.54 Å². The summed E-state index contributed by atoms with van der Waals surface area (Å²) < 4.78 is 26.0. The number of nitrogens with one attached hydrogen (secondary N) is 1. The maximum atomic E-state index is 13.0. The van der Waals surface area contributed by atoms with Gasteiger partial charge in [-0.25, -0.2) is 8.78 Å². The highest BCUT2D eigenvalue weighted by Crippen LogP contribution is 2.26. The van der Waals surface area contributed by atoms with Crippen LogP contribution in [0.4, 0.5) is 8.78 Å². The SMILES string of the molecule is CNCc1cc(-c2cc(F)cc(F)c2)cs1. The van der Waals surface area contributed by atoms with Crippen molar-refractivity contribution in [3.63, 3.8) is 0 Å². The van der Waals surface area contributed by atoms with E-state index in [1.807, 2.05) is 18.5 Å². The van der Waals surface area contributed by atoms with Crippen molar-refractivity contribution in [3.05, 3.63) is 46.2 Å². The molecule has 1 aromatic heterocycles. The molecule has 0 atom stereocenters. The Hall–Kier alpha value is -1.26. The standard InChI is InChI=1S/C12H11F2NS/c1-15-6-12-4-9(7-16-12)8-2-10(13)5-11(14)3-8/h2-5,7,15H,6H2,1H3. The van der Waals surface area contributed by atoms with Crippen LogP contribution in [0.1, 0.15) is 4.88 Å². The summed E-state index contributed by atoms with van der Waals surface area (Å²) in [5.41, 5.74) is 1.43. The molecule has 0 amide bonds. The zero-order valence-corrected chi connectivity index (χ0v) is 9.57. The molecule has 0 aliphatic rings. The Morgan fingerprint density at radius 2 is 1.75 bits per heavy atom. The molecule has 0 aliphatic heterocycles. The first-order chi connectivity index (χ1) is 7.69. The highest BCUT2D eigenvalue weighted by atomic mass is 32.1. The van der Waals surface area contributed by atoms with E-state index < -0.39 is 11.6 Å². The maximum absolute atomic E-state index is 13.0. The molecule has 0 saturated carbocycles. The van der Waals surface area contributed by atoms with Gasteiger partial charge in [0.15, 0.2) is 0 Å². The fourth-order valence-corrected chi connectivity index (χ4v) is 2.42. The summed E-state index contributed by atoms with van der Waals surface area (Å²) in [5, 5.41) is 4.94. The van der Waals surface area contributed by atoms with E-state index in [-0.39, 0.29) is 0 Å². The molecule has 0 unspecified atom stereocenters. The van der Waals surface area contributed by atoms with E-state index in [0.717, 1.165) is 23.1 Å². The van der Waals surface area contributed by atoms with Crippen LogP contribution in [0.3, 0.4) is 0 Å². The Bertz CT molecular complexity index is 473. The van der Waals surface area contributed by atoms with Gasteiger partial charge in [0.1, 0.15) is 11.6 Å².